The Morgan fingerprint density at radius 1 is 1.48 bits per heavy atom. The zero-order valence-electron chi connectivity index (χ0n) is 12.7. The van der Waals surface area contributed by atoms with Crippen LogP contribution in [0.2, 0.25) is 0 Å². The number of aromatic hydroxyl groups is 1. The maximum atomic E-state index is 13.8. The van der Waals surface area contributed by atoms with E-state index in [-0.39, 0.29) is 17.5 Å². The van der Waals surface area contributed by atoms with Gasteiger partial charge in [-0.1, -0.05) is 5.57 Å². The number of halogens is 1. The molecule has 1 atom stereocenters. The van der Waals surface area contributed by atoms with Gasteiger partial charge in [-0.05, 0) is 19.4 Å². The highest BCUT2D eigenvalue weighted by molar-refractivity contribution is 5.47. The summed E-state index contributed by atoms with van der Waals surface area (Å²) in [4.78, 5) is 2.25. The smallest absolute Gasteiger partial charge is 0.163 e. The SMILES string of the molecule is C=C(C)C[C@H](c1cc(F)cc(OC)c1O)N1CCNCC1. The van der Waals surface area contributed by atoms with Crippen LogP contribution < -0.4 is 10.1 Å². The molecule has 21 heavy (non-hydrogen) atoms. The second-order valence-corrected chi connectivity index (χ2v) is 5.51. The van der Waals surface area contributed by atoms with Gasteiger partial charge in [0.2, 0.25) is 0 Å². The molecule has 1 fully saturated rings. The first-order chi connectivity index (χ1) is 10.0. The maximum Gasteiger partial charge on any atom is 0.163 e. The summed E-state index contributed by atoms with van der Waals surface area (Å²) < 4.78 is 18.9. The monoisotopic (exact) mass is 294 g/mol. The summed E-state index contributed by atoms with van der Waals surface area (Å²) in [7, 11) is 1.43. The first-order valence-corrected chi connectivity index (χ1v) is 7.18. The van der Waals surface area contributed by atoms with Crippen LogP contribution in [-0.2, 0) is 0 Å². The maximum absolute atomic E-state index is 13.8. The van der Waals surface area contributed by atoms with E-state index >= 15 is 0 Å². The molecule has 2 N–H and O–H groups in total. The predicted molar refractivity (Wildman–Crippen MR) is 81.2 cm³/mol. The van der Waals surface area contributed by atoms with Gasteiger partial charge in [0.25, 0.3) is 0 Å². The highest BCUT2D eigenvalue weighted by Crippen LogP contribution is 2.39. The minimum absolute atomic E-state index is 0.0173. The minimum atomic E-state index is -0.401. The van der Waals surface area contributed by atoms with Gasteiger partial charge >= 0.3 is 0 Å². The molecule has 5 heteroatoms. The summed E-state index contributed by atoms with van der Waals surface area (Å²) in [5, 5.41) is 13.7. The van der Waals surface area contributed by atoms with E-state index in [2.05, 4.69) is 16.8 Å². The minimum Gasteiger partial charge on any atom is -0.504 e. The van der Waals surface area contributed by atoms with Crippen LogP contribution in [0.15, 0.2) is 24.3 Å². The molecule has 0 saturated carbocycles. The highest BCUT2D eigenvalue weighted by atomic mass is 19.1. The average Bonchev–Trinajstić information content (AvgIpc) is 2.47. The van der Waals surface area contributed by atoms with Crippen LogP contribution in [-0.4, -0.2) is 43.3 Å². The van der Waals surface area contributed by atoms with Crippen LogP contribution in [0.4, 0.5) is 4.39 Å². The van der Waals surface area contributed by atoms with E-state index in [4.69, 9.17) is 4.74 Å². The molecule has 1 aromatic carbocycles. The Balaban J connectivity index is 2.39. The van der Waals surface area contributed by atoms with Crippen molar-refractivity contribution in [2.75, 3.05) is 33.3 Å². The quantitative estimate of drug-likeness (QED) is 0.819. The molecule has 1 saturated heterocycles. The Hall–Kier alpha value is -1.59. The molecule has 0 aromatic heterocycles. The van der Waals surface area contributed by atoms with Gasteiger partial charge < -0.3 is 15.2 Å². The number of hydrogen-bond donors (Lipinski definition) is 2. The molecule has 0 radical (unpaired) electrons. The topological polar surface area (TPSA) is 44.7 Å². The van der Waals surface area contributed by atoms with E-state index in [0.29, 0.717) is 12.0 Å². The van der Waals surface area contributed by atoms with Crippen molar-refractivity contribution in [1.82, 2.24) is 10.2 Å². The zero-order valence-corrected chi connectivity index (χ0v) is 12.7. The molecule has 0 aliphatic carbocycles. The number of ether oxygens (including phenoxy) is 1. The van der Waals surface area contributed by atoms with Gasteiger partial charge in [-0.2, -0.15) is 0 Å². The number of methoxy groups -OCH3 is 1. The van der Waals surface area contributed by atoms with Gasteiger partial charge in [-0.15, -0.1) is 6.58 Å². The number of phenols is 1. The van der Waals surface area contributed by atoms with Crippen molar-refractivity contribution in [2.24, 2.45) is 0 Å². The second kappa shape index (κ2) is 6.91. The molecule has 1 aliphatic heterocycles. The molecule has 0 unspecified atom stereocenters. The van der Waals surface area contributed by atoms with Crippen LogP contribution in [0.3, 0.4) is 0 Å². The third-order valence-electron chi connectivity index (χ3n) is 3.78. The Bertz CT molecular complexity index is 513. The van der Waals surface area contributed by atoms with E-state index in [0.717, 1.165) is 31.8 Å². The van der Waals surface area contributed by atoms with E-state index < -0.39 is 5.82 Å². The van der Waals surface area contributed by atoms with Crippen molar-refractivity contribution in [1.29, 1.82) is 0 Å². The first kappa shape index (κ1) is 15.8. The molecule has 1 aliphatic rings. The molecule has 116 valence electrons. The Labute approximate surface area is 125 Å². The van der Waals surface area contributed by atoms with Crippen LogP contribution in [0, 0.1) is 5.82 Å². The highest BCUT2D eigenvalue weighted by Gasteiger charge is 2.26. The van der Waals surface area contributed by atoms with Gasteiger partial charge in [0.15, 0.2) is 11.5 Å². The van der Waals surface area contributed by atoms with Gasteiger partial charge in [0.1, 0.15) is 5.82 Å². The number of hydrogen-bond acceptors (Lipinski definition) is 4. The number of nitrogens with zero attached hydrogens (tertiary/aromatic N) is 1. The summed E-state index contributed by atoms with van der Waals surface area (Å²) >= 11 is 0. The molecule has 0 spiro atoms. The van der Waals surface area contributed by atoms with Crippen LogP contribution >= 0.6 is 0 Å². The molecule has 1 heterocycles. The predicted octanol–water partition coefficient (Wildman–Crippen LogP) is 2.45. The van der Waals surface area contributed by atoms with E-state index in [1.54, 1.807) is 0 Å². The lowest BCUT2D eigenvalue weighted by Gasteiger charge is -2.35. The third kappa shape index (κ3) is 3.74. The summed E-state index contributed by atoms with van der Waals surface area (Å²) in [5.74, 6) is -0.211. The summed E-state index contributed by atoms with van der Waals surface area (Å²) in [6.07, 6.45) is 0.681. The van der Waals surface area contributed by atoms with Crippen LogP contribution in [0.1, 0.15) is 24.9 Å². The molecular formula is C16H23FN2O2. The van der Waals surface area contributed by atoms with Crippen molar-refractivity contribution >= 4 is 0 Å². The average molecular weight is 294 g/mol. The van der Waals surface area contributed by atoms with Crippen LogP contribution in [0.5, 0.6) is 11.5 Å². The molecule has 0 bridgehead atoms. The van der Waals surface area contributed by atoms with Gasteiger partial charge in [-0.3, -0.25) is 4.90 Å². The first-order valence-electron chi connectivity index (χ1n) is 7.18. The van der Waals surface area contributed by atoms with E-state index in [1.807, 2.05) is 6.92 Å². The standard InChI is InChI=1S/C16H23FN2O2/c1-11(2)8-14(19-6-4-18-5-7-19)13-9-12(17)10-15(21-3)16(13)20/h9-10,14,18,20H,1,4-8H2,2-3H3/t14-/m1/s1. The number of benzene rings is 1. The van der Waals surface area contributed by atoms with E-state index in [9.17, 15) is 9.50 Å². The lowest BCUT2D eigenvalue weighted by molar-refractivity contribution is 0.169. The fourth-order valence-corrected chi connectivity index (χ4v) is 2.76. The summed E-state index contributed by atoms with van der Waals surface area (Å²) in [5.41, 5.74) is 1.57. The fraction of sp³-hybridized carbons (Fsp3) is 0.500. The Morgan fingerprint density at radius 2 is 2.14 bits per heavy atom. The van der Waals surface area contributed by atoms with Crippen molar-refractivity contribution in [3.05, 3.63) is 35.7 Å². The van der Waals surface area contributed by atoms with Crippen molar-refractivity contribution in [3.8, 4) is 11.5 Å². The van der Waals surface area contributed by atoms with E-state index in [1.165, 1.54) is 19.2 Å². The molecule has 4 nitrogen and oxygen atoms in total. The Morgan fingerprint density at radius 3 is 2.71 bits per heavy atom. The molecule has 0 amide bonds. The van der Waals surface area contributed by atoms with Crippen molar-refractivity contribution < 1.29 is 14.2 Å². The lowest BCUT2D eigenvalue weighted by atomic mass is 9.96. The van der Waals surface area contributed by atoms with Crippen molar-refractivity contribution in [3.63, 3.8) is 0 Å². The second-order valence-electron chi connectivity index (χ2n) is 5.51. The fourth-order valence-electron chi connectivity index (χ4n) is 2.76. The number of rotatable bonds is 5. The van der Waals surface area contributed by atoms with Gasteiger partial charge in [0, 0.05) is 43.9 Å². The molecular weight excluding hydrogens is 271 g/mol. The van der Waals surface area contributed by atoms with Gasteiger partial charge in [-0.25, -0.2) is 4.39 Å². The normalized spacial score (nSPS) is 17.5. The lowest BCUT2D eigenvalue weighted by Crippen LogP contribution is -2.45. The third-order valence-corrected chi connectivity index (χ3v) is 3.78. The van der Waals surface area contributed by atoms with Crippen molar-refractivity contribution in [2.45, 2.75) is 19.4 Å². The number of phenolic OH excluding ortho intramolecular Hbond substituents is 1. The Kier molecular flexibility index (Phi) is 5.20. The zero-order chi connectivity index (χ0) is 15.4. The number of nitrogens with one attached hydrogen (secondary N) is 1. The van der Waals surface area contributed by atoms with Crippen LogP contribution in [0.25, 0.3) is 0 Å². The van der Waals surface area contributed by atoms with Gasteiger partial charge in [0.05, 0.1) is 7.11 Å². The summed E-state index contributed by atoms with van der Waals surface area (Å²) in [6.45, 7) is 9.40. The summed E-state index contributed by atoms with van der Waals surface area (Å²) in [6, 6.07) is 2.51. The molecule has 2 rings (SSSR count). The number of piperazine rings is 1. The largest absolute Gasteiger partial charge is 0.504 e. The molecule has 1 aromatic rings.